The number of anilines is 1. The Hall–Kier alpha value is -2.05. The van der Waals surface area contributed by atoms with E-state index in [-0.39, 0.29) is 16.7 Å². The van der Waals surface area contributed by atoms with E-state index in [1.54, 1.807) is 39.9 Å². The maximum absolute atomic E-state index is 13.5. The Kier molecular flexibility index (Phi) is 4.86. The molecule has 0 unspecified atom stereocenters. The molecule has 1 aromatic carbocycles. The van der Waals surface area contributed by atoms with Crippen molar-refractivity contribution in [3.8, 4) is 0 Å². The van der Waals surface area contributed by atoms with Gasteiger partial charge >= 0.3 is 0 Å². The highest BCUT2D eigenvalue weighted by Crippen LogP contribution is 2.47. The maximum atomic E-state index is 13.5. The standard InChI is InChI=1S/C20H20ClN3O2S/c1-20-10-9-18(25)24(20)17(13-27-20)19(26)23(12-15-4-2-3-11-22-15)16-7-5-14(21)6-8-16/h2-8,11,17H,9-10,12-13H2,1H3/t17-,20+/m1/s1. The van der Waals surface area contributed by atoms with E-state index in [2.05, 4.69) is 11.9 Å². The van der Waals surface area contributed by atoms with Gasteiger partial charge in [-0.25, -0.2) is 0 Å². The van der Waals surface area contributed by atoms with Gasteiger partial charge in [0.25, 0.3) is 5.91 Å². The fourth-order valence-corrected chi connectivity index (χ4v) is 5.30. The predicted octanol–water partition coefficient (Wildman–Crippen LogP) is 3.72. The molecule has 5 nitrogen and oxygen atoms in total. The van der Waals surface area contributed by atoms with Crippen molar-refractivity contribution in [2.24, 2.45) is 0 Å². The lowest BCUT2D eigenvalue weighted by molar-refractivity contribution is -0.136. The van der Waals surface area contributed by atoms with E-state index in [0.29, 0.717) is 23.7 Å². The molecule has 1 aromatic heterocycles. The zero-order valence-electron chi connectivity index (χ0n) is 15.0. The molecule has 0 radical (unpaired) electrons. The van der Waals surface area contributed by atoms with Crippen LogP contribution in [-0.2, 0) is 16.1 Å². The number of fused-ring (bicyclic) bond motifs is 1. The smallest absolute Gasteiger partial charge is 0.251 e. The van der Waals surface area contributed by atoms with Gasteiger partial charge in [0.05, 0.1) is 17.1 Å². The highest BCUT2D eigenvalue weighted by Gasteiger charge is 2.53. The van der Waals surface area contributed by atoms with E-state index >= 15 is 0 Å². The van der Waals surface area contributed by atoms with Crippen molar-refractivity contribution >= 4 is 40.9 Å². The minimum atomic E-state index is -0.450. The number of hydrogen-bond acceptors (Lipinski definition) is 4. The molecule has 2 atom stereocenters. The van der Waals surface area contributed by atoms with Crippen molar-refractivity contribution in [2.45, 2.75) is 37.2 Å². The lowest BCUT2D eigenvalue weighted by atomic mass is 10.1. The van der Waals surface area contributed by atoms with Crippen molar-refractivity contribution in [1.29, 1.82) is 0 Å². The second-order valence-corrected chi connectivity index (χ2v) is 8.93. The lowest BCUT2D eigenvalue weighted by Gasteiger charge is -2.33. The van der Waals surface area contributed by atoms with Gasteiger partial charge in [0.1, 0.15) is 6.04 Å². The normalized spacial score (nSPS) is 24.1. The largest absolute Gasteiger partial charge is 0.315 e. The molecule has 0 saturated carbocycles. The summed E-state index contributed by atoms with van der Waals surface area (Å²) in [5.74, 6) is 0.608. The lowest BCUT2D eigenvalue weighted by Crippen LogP contribution is -2.51. The van der Waals surface area contributed by atoms with E-state index in [1.807, 2.05) is 30.3 Å². The average Bonchev–Trinajstić information content (AvgIpc) is 3.17. The van der Waals surface area contributed by atoms with Crippen LogP contribution in [0, 0.1) is 0 Å². The number of halogens is 1. The number of rotatable bonds is 4. The summed E-state index contributed by atoms with van der Waals surface area (Å²) in [5, 5.41) is 0.614. The van der Waals surface area contributed by atoms with Crippen molar-refractivity contribution in [3.05, 3.63) is 59.4 Å². The van der Waals surface area contributed by atoms with Gasteiger partial charge in [0.2, 0.25) is 5.91 Å². The molecule has 0 spiro atoms. The molecule has 140 valence electrons. The number of hydrogen-bond donors (Lipinski definition) is 0. The number of nitrogens with zero attached hydrogens (tertiary/aromatic N) is 3. The third kappa shape index (κ3) is 3.44. The van der Waals surface area contributed by atoms with Crippen molar-refractivity contribution in [2.75, 3.05) is 10.7 Å². The summed E-state index contributed by atoms with van der Waals surface area (Å²) in [4.78, 5) is 33.6. The number of amides is 2. The second kappa shape index (κ2) is 7.17. The Balaban J connectivity index is 1.66. The summed E-state index contributed by atoms with van der Waals surface area (Å²) < 4.78 is 0. The van der Waals surface area contributed by atoms with Crippen LogP contribution >= 0.6 is 23.4 Å². The van der Waals surface area contributed by atoms with Crippen LogP contribution in [-0.4, -0.2) is 38.4 Å². The molecule has 3 heterocycles. The van der Waals surface area contributed by atoms with Crippen LogP contribution in [0.5, 0.6) is 0 Å². The number of carbonyl (C=O) groups excluding carboxylic acids is 2. The first-order valence-corrected chi connectivity index (χ1v) is 10.3. The van der Waals surface area contributed by atoms with Gasteiger partial charge in [-0.2, -0.15) is 0 Å². The van der Waals surface area contributed by atoms with Gasteiger partial charge in [-0.3, -0.25) is 14.6 Å². The fraction of sp³-hybridized carbons (Fsp3) is 0.350. The highest BCUT2D eigenvalue weighted by molar-refractivity contribution is 8.01. The van der Waals surface area contributed by atoms with E-state index in [0.717, 1.165) is 17.8 Å². The molecule has 2 aliphatic heterocycles. The molecule has 0 bridgehead atoms. The summed E-state index contributed by atoms with van der Waals surface area (Å²) in [6.45, 7) is 2.41. The van der Waals surface area contributed by atoms with Crippen LogP contribution < -0.4 is 4.90 Å². The minimum absolute atomic E-state index is 0.0646. The van der Waals surface area contributed by atoms with Crippen LogP contribution in [0.3, 0.4) is 0 Å². The van der Waals surface area contributed by atoms with Crippen LogP contribution in [0.25, 0.3) is 0 Å². The van der Waals surface area contributed by atoms with E-state index < -0.39 is 6.04 Å². The summed E-state index contributed by atoms with van der Waals surface area (Å²) >= 11 is 7.72. The van der Waals surface area contributed by atoms with Gasteiger partial charge in [0.15, 0.2) is 0 Å². The van der Waals surface area contributed by atoms with Crippen molar-refractivity contribution in [3.63, 3.8) is 0 Å². The Morgan fingerprint density at radius 3 is 2.81 bits per heavy atom. The summed E-state index contributed by atoms with van der Waals surface area (Å²) in [7, 11) is 0. The first kappa shape index (κ1) is 18.3. The van der Waals surface area contributed by atoms with Gasteiger partial charge in [-0.05, 0) is 49.7 Å². The molecule has 2 fully saturated rings. The quantitative estimate of drug-likeness (QED) is 0.783. The SMILES string of the molecule is C[C@]12CCC(=O)N1[C@@H](C(=O)N(Cc1ccccn1)c1ccc(Cl)cc1)CS2. The summed E-state index contributed by atoms with van der Waals surface area (Å²) in [6, 6.07) is 12.4. The van der Waals surface area contributed by atoms with Gasteiger partial charge in [-0.15, -0.1) is 11.8 Å². The fourth-order valence-electron chi connectivity index (χ4n) is 3.75. The molecule has 2 saturated heterocycles. The topological polar surface area (TPSA) is 53.5 Å². The van der Waals surface area contributed by atoms with E-state index in [9.17, 15) is 9.59 Å². The second-order valence-electron chi connectivity index (χ2n) is 6.99. The molecular formula is C20H20ClN3O2S. The number of pyridine rings is 1. The Labute approximate surface area is 167 Å². The zero-order valence-corrected chi connectivity index (χ0v) is 16.5. The number of carbonyl (C=O) groups is 2. The van der Waals surface area contributed by atoms with Crippen molar-refractivity contribution < 1.29 is 9.59 Å². The zero-order chi connectivity index (χ0) is 19.0. The van der Waals surface area contributed by atoms with E-state index in [1.165, 1.54) is 0 Å². The summed E-state index contributed by atoms with van der Waals surface area (Å²) in [6.07, 6.45) is 3.02. The molecule has 2 amide bonds. The molecule has 7 heteroatoms. The van der Waals surface area contributed by atoms with Crippen LogP contribution in [0.2, 0.25) is 5.02 Å². The molecule has 0 N–H and O–H groups in total. The average molecular weight is 402 g/mol. The Bertz CT molecular complexity index is 861. The van der Waals surface area contributed by atoms with E-state index in [4.69, 9.17) is 11.6 Å². The molecular weight excluding hydrogens is 382 g/mol. The van der Waals surface area contributed by atoms with Gasteiger partial charge < -0.3 is 9.80 Å². The first-order valence-electron chi connectivity index (χ1n) is 8.91. The predicted molar refractivity (Wildman–Crippen MR) is 108 cm³/mol. The Morgan fingerprint density at radius 1 is 1.33 bits per heavy atom. The van der Waals surface area contributed by atoms with Crippen LogP contribution in [0.15, 0.2) is 48.7 Å². The number of aromatic nitrogens is 1. The monoisotopic (exact) mass is 401 g/mol. The third-order valence-corrected chi connectivity index (χ3v) is 6.94. The first-order chi connectivity index (χ1) is 13.0. The van der Waals surface area contributed by atoms with Gasteiger partial charge in [-0.1, -0.05) is 17.7 Å². The number of benzene rings is 1. The molecule has 2 aliphatic rings. The highest BCUT2D eigenvalue weighted by atomic mass is 35.5. The molecule has 27 heavy (non-hydrogen) atoms. The summed E-state index contributed by atoms with van der Waals surface area (Å²) in [5.41, 5.74) is 1.54. The Morgan fingerprint density at radius 2 is 2.11 bits per heavy atom. The van der Waals surface area contributed by atoms with Crippen molar-refractivity contribution in [1.82, 2.24) is 9.88 Å². The third-order valence-electron chi connectivity index (χ3n) is 5.18. The van der Waals surface area contributed by atoms with Gasteiger partial charge in [0, 0.05) is 29.1 Å². The number of thioether (sulfide) groups is 1. The van der Waals surface area contributed by atoms with Crippen LogP contribution in [0.4, 0.5) is 5.69 Å². The minimum Gasteiger partial charge on any atom is -0.315 e. The maximum Gasteiger partial charge on any atom is 0.251 e. The molecule has 2 aromatic rings. The van der Waals surface area contributed by atoms with Crippen LogP contribution in [0.1, 0.15) is 25.5 Å². The molecule has 0 aliphatic carbocycles. The molecule has 4 rings (SSSR count).